The predicted octanol–water partition coefficient (Wildman–Crippen LogP) is 3.61. The molecule has 0 unspecified atom stereocenters. The summed E-state index contributed by atoms with van der Waals surface area (Å²) in [5, 5.41) is 2.80. The summed E-state index contributed by atoms with van der Waals surface area (Å²) in [6.07, 6.45) is 1.61. The molecule has 0 bridgehead atoms. The van der Waals surface area contributed by atoms with E-state index in [0.717, 1.165) is 15.9 Å². The summed E-state index contributed by atoms with van der Waals surface area (Å²) in [4.78, 5) is 16.2. The Bertz CT molecular complexity index is 605. The van der Waals surface area contributed by atoms with Gasteiger partial charge in [-0.3, -0.25) is 4.79 Å². The van der Waals surface area contributed by atoms with E-state index in [-0.39, 0.29) is 5.91 Å². The second-order valence-electron chi connectivity index (χ2n) is 4.11. The number of aryl methyl sites for hydroxylation is 3. The summed E-state index contributed by atoms with van der Waals surface area (Å²) < 4.78 is 6.11. The summed E-state index contributed by atoms with van der Waals surface area (Å²) in [6, 6.07) is 3.58. The van der Waals surface area contributed by atoms with Crippen molar-refractivity contribution in [2.24, 2.45) is 0 Å². The maximum absolute atomic E-state index is 12.0. The molecule has 2 rings (SSSR count). The molecule has 94 valence electrons. The quantitative estimate of drug-likeness (QED) is 0.862. The smallest absolute Gasteiger partial charge is 0.259 e. The van der Waals surface area contributed by atoms with E-state index >= 15 is 0 Å². The number of furan rings is 1. The number of hydrogen-bond acceptors (Lipinski definition) is 3. The van der Waals surface area contributed by atoms with Gasteiger partial charge in [0.05, 0.1) is 17.4 Å². The van der Waals surface area contributed by atoms with Gasteiger partial charge in [-0.1, -0.05) is 0 Å². The number of carbonyl (C=O) groups is 1. The van der Waals surface area contributed by atoms with E-state index in [9.17, 15) is 4.79 Å². The Morgan fingerprint density at radius 1 is 1.33 bits per heavy atom. The lowest BCUT2D eigenvalue weighted by molar-refractivity contribution is 0.102. The molecule has 1 amide bonds. The standard InChI is InChI=1S/C13H13BrN2O2/c1-7-4-10(6-15-12(7)14)16-13(17)11-5-8(2)18-9(11)3/h4-6H,1-3H3,(H,16,17). The topological polar surface area (TPSA) is 55.1 Å². The van der Waals surface area contributed by atoms with Gasteiger partial charge in [-0.2, -0.15) is 0 Å². The number of nitrogens with zero attached hydrogens (tertiary/aromatic N) is 1. The summed E-state index contributed by atoms with van der Waals surface area (Å²) in [5.41, 5.74) is 2.18. The number of pyridine rings is 1. The van der Waals surface area contributed by atoms with E-state index in [1.54, 1.807) is 19.2 Å². The maximum Gasteiger partial charge on any atom is 0.259 e. The van der Waals surface area contributed by atoms with Crippen molar-refractivity contribution in [1.29, 1.82) is 0 Å². The van der Waals surface area contributed by atoms with Crippen LogP contribution in [0.4, 0.5) is 5.69 Å². The lowest BCUT2D eigenvalue weighted by atomic mass is 10.2. The third-order valence-electron chi connectivity index (χ3n) is 2.56. The van der Waals surface area contributed by atoms with Crippen LogP contribution in [0.25, 0.3) is 0 Å². The minimum absolute atomic E-state index is 0.187. The minimum Gasteiger partial charge on any atom is -0.466 e. The Kier molecular flexibility index (Phi) is 3.52. The third kappa shape index (κ3) is 2.61. The second kappa shape index (κ2) is 4.94. The van der Waals surface area contributed by atoms with Gasteiger partial charge < -0.3 is 9.73 Å². The zero-order valence-corrected chi connectivity index (χ0v) is 12.0. The number of anilines is 1. The van der Waals surface area contributed by atoms with Gasteiger partial charge in [0.1, 0.15) is 16.1 Å². The highest BCUT2D eigenvalue weighted by atomic mass is 79.9. The summed E-state index contributed by atoms with van der Waals surface area (Å²) >= 11 is 3.32. The van der Waals surface area contributed by atoms with Crippen LogP contribution in [-0.4, -0.2) is 10.9 Å². The molecule has 1 N–H and O–H groups in total. The van der Waals surface area contributed by atoms with Gasteiger partial charge in [0, 0.05) is 0 Å². The normalized spacial score (nSPS) is 10.4. The van der Waals surface area contributed by atoms with Gasteiger partial charge >= 0.3 is 0 Å². The number of amides is 1. The van der Waals surface area contributed by atoms with Crippen molar-refractivity contribution in [3.63, 3.8) is 0 Å². The third-order valence-corrected chi connectivity index (χ3v) is 3.39. The molecule has 0 atom stereocenters. The molecule has 2 aromatic heterocycles. The van der Waals surface area contributed by atoms with Gasteiger partial charge in [0.25, 0.3) is 5.91 Å². The maximum atomic E-state index is 12.0. The molecule has 0 radical (unpaired) electrons. The van der Waals surface area contributed by atoms with Gasteiger partial charge in [0.2, 0.25) is 0 Å². The van der Waals surface area contributed by atoms with Gasteiger partial charge in [0.15, 0.2) is 0 Å². The highest BCUT2D eigenvalue weighted by Crippen LogP contribution is 2.19. The van der Waals surface area contributed by atoms with Crippen molar-refractivity contribution in [2.75, 3.05) is 5.32 Å². The first-order valence-electron chi connectivity index (χ1n) is 5.48. The molecule has 0 aliphatic rings. The molecule has 0 saturated heterocycles. The highest BCUT2D eigenvalue weighted by Gasteiger charge is 2.13. The monoisotopic (exact) mass is 308 g/mol. The van der Waals surface area contributed by atoms with Crippen molar-refractivity contribution in [1.82, 2.24) is 4.98 Å². The molecule has 18 heavy (non-hydrogen) atoms. The lowest BCUT2D eigenvalue weighted by Crippen LogP contribution is -2.12. The highest BCUT2D eigenvalue weighted by molar-refractivity contribution is 9.10. The number of hydrogen-bond donors (Lipinski definition) is 1. The zero-order chi connectivity index (χ0) is 13.3. The molecule has 0 saturated carbocycles. The van der Waals surface area contributed by atoms with E-state index in [4.69, 9.17) is 4.42 Å². The molecular weight excluding hydrogens is 296 g/mol. The van der Waals surface area contributed by atoms with Crippen LogP contribution < -0.4 is 5.32 Å². The van der Waals surface area contributed by atoms with Crippen molar-refractivity contribution in [2.45, 2.75) is 20.8 Å². The number of rotatable bonds is 2. The Morgan fingerprint density at radius 2 is 2.06 bits per heavy atom. The summed E-state index contributed by atoms with van der Waals surface area (Å²) in [7, 11) is 0. The SMILES string of the molecule is Cc1cc(C(=O)Nc2cnc(Br)c(C)c2)c(C)o1. The first kappa shape index (κ1) is 12.8. The van der Waals surface area contributed by atoms with Crippen molar-refractivity contribution < 1.29 is 9.21 Å². The fourth-order valence-electron chi connectivity index (χ4n) is 1.68. The van der Waals surface area contributed by atoms with Crippen LogP contribution in [0.2, 0.25) is 0 Å². The molecular formula is C13H13BrN2O2. The number of halogens is 1. The Labute approximate surface area is 114 Å². The molecule has 0 spiro atoms. The Morgan fingerprint density at radius 3 is 2.61 bits per heavy atom. The molecule has 2 aromatic rings. The lowest BCUT2D eigenvalue weighted by Gasteiger charge is -2.05. The van der Waals surface area contributed by atoms with Crippen molar-refractivity contribution in [3.8, 4) is 0 Å². The molecule has 0 fully saturated rings. The van der Waals surface area contributed by atoms with Crippen molar-refractivity contribution >= 4 is 27.5 Å². The van der Waals surface area contributed by atoms with Gasteiger partial charge in [-0.25, -0.2) is 4.98 Å². The van der Waals surface area contributed by atoms with Gasteiger partial charge in [-0.15, -0.1) is 0 Å². The first-order chi connectivity index (χ1) is 8.47. The summed E-state index contributed by atoms with van der Waals surface area (Å²) in [6.45, 7) is 5.50. The first-order valence-corrected chi connectivity index (χ1v) is 6.27. The molecule has 4 nitrogen and oxygen atoms in total. The molecule has 0 aromatic carbocycles. The fourth-order valence-corrected chi connectivity index (χ4v) is 1.90. The van der Waals surface area contributed by atoms with E-state index in [1.165, 1.54) is 0 Å². The molecule has 0 aliphatic carbocycles. The second-order valence-corrected chi connectivity index (χ2v) is 4.86. The van der Waals surface area contributed by atoms with Crippen LogP contribution in [0.5, 0.6) is 0 Å². The molecule has 2 heterocycles. The largest absolute Gasteiger partial charge is 0.466 e. The predicted molar refractivity (Wildman–Crippen MR) is 72.8 cm³/mol. The van der Waals surface area contributed by atoms with Crippen LogP contribution in [0.3, 0.4) is 0 Å². The van der Waals surface area contributed by atoms with Crippen molar-refractivity contribution in [3.05, 3.63) is 45.6 Å². The molecule has 5 heteroatoms. The van der Waals surface area contributed by atoms with Crippen LogP contribution >= 0.6 is 15.9 Å². The van der Waals surface area contributed by atoms with Crippen LogP contribution in [0.1, 0.15) is 27.4 Å². The zero-order valence-electron chi connectivity index (χ0n) is 10.4. The van der Waals surface area contributed by atoms with E-state index in [0.29, 0.717) is 17.0 Å². The Hall–Kier alpha value is -1.62. The number of nitrogens with one attached hydrogen (secondary N) is 1. The molecule has 0 aliphatic heterocycles. The van der Waals surface area contributed by atoms with Crippen LogP contribution in [0, 0.1) is 20.8 Å². The van der Waals surface area contributed by atoms with E-state index in [2.05, 4.69) is 26.2 Å². The van der Waals surface area contributed by atoms with Crippen LogP contribution in [-0.2, 0) is 0 Å². The average Bonchev–Trinajstić information content (AvgIpc) is 2.63. The number of carbonyl (C=O) groups excluding carboxylic acids is 1. The minimum atomic E-state index is -0.187. The van der Waals surface area contributed by atoms with Crippen LogP contribution in [0.15, 0.2) is 27.3 Å². The van der Waals surface area contributed by atoms with E-state index < -0.39 is 0 Å². The fraction of sp³-hybridized carbons (Fsp3) is 0.231. The summed E-state index contributed by atoms with van der Waals surface area (Å²) in [5.74, 6) is 1.16. The Balaban J connectivity index is 2.21. The number of aromatic nitrogens is 1. The van der Waals surface area contributed by atoms with E-state index in [1.807, 2.05) is 19.9 Å². The average molecular weight is 309 g/mol. The van der Waals surface area contributed by atoms with Gasteiger partial charge in [-0.05, 0) is 54.4 Å².